The number of thiol groups is 1. The van der Waals surface area contributed by atoms with E-state index in [-0.39, 0.29) is 11.2 Å². The van der Waals surface area contributed by atoms with Crippen LogP contribution in [0, 0.1) is 11.3 Å². The zero-order valence-corrected chi connectivity index (χ0v) is 10.0. The molecule has 7 heteroatoms. The molecule has 0 spiro atoms. The summed E-state index contributed by atoms with van der Waals surface area (Å²) in [4.78, 5) is 13.0. The standard InChI is InChI=1S/C8H7BrN4OS/c9-7-5(2-10)8(12-11-7)13-3-4(15)1-6(13)14/h4,15H,1,3H2,(H,11,12). The second kappa shape index (κ2) is 3.87. The summed E-state index contributed by atoms with van der Waals surface area (Å²) in [5.74, 6) is 0.330. The molecular weight excluding hydrogens is 280 g/mol. The first kappa shape index (κ1) is 10.5. The van der Waals surface area contributed by atoms with Crippen molar-refractivity contribution in [3.8, 4) is 6.07 Å². The Kier molecular flexibility index (Phi) is 2.71. The van der Waals surface area contributed by atoms with E-state index < -0.39 is 0 Å². The van der Waals surface area contributed by atoms with Gasteiger partial charge in [0.1, 0.15) is 16.2 Å². The van der Waals surface area contributed by atoms with E-state index in [1.807, 2.05) is 6.07 Å². The molecule has 15 heavy (non-hydrogen) atoms. The molecule has 78 valence electrons. The molecule has 1 aliphatic heterocycles. The molecule has 1 aromatic rings. The van der Waals surface area contributed by atoms with Crippen molar-refractivity contribution < 1.29 is 4.79 Å². The van der Waals surface area contributed by atoms with E-state index in [4.69, 9.17) is 5.26 Å². The lowest BCUT2D eigenvalue weighted by molar-refractivity contribution is -0.117. The number of rotatable bonds is 1. The Bertz CT molecular complexity index is 452. The first-order valence-corrected chi connectivity index (χ1v) is 5.57. The van der Waals surface area contributed by atoms with Crippen molar-refractivity contribution >= 4 is 40.3 Å². The van der Waals surface area contributed by atoms with E-state index in [1.165, 1.54) is 4.90 Å². The average Bonchev–Trinajstić information content (AvgIpc) is 2.69. The SMILES string of the molecule is N#Cc1c(N2CC(S)CC2=O)n[nH]c1Br. The predicted octanol–water partition coefficient (Wildman–Crippen LogP) is 1.08. The van der Waals surface area contributed by atoms with E-state index >= 15 is 0 Å². The first-order valence-electron chi connectivity index (χ1n) is 4.26. The third kappa shape index (κ3) is 1.75. The number of halogens is 1. The van der Waals surface area contributed by atoms with Crippen LogP contribution in [0.1, 0.15) is 12.0 Å². The smallest absolute Gasteiger partial charge is 0.229 e. The van der Waals surface area contributed by atoms with Crippen LogP contribution in [0.2, 0.25) is 0 Å². The Morgan fingerprint density at radius 1 is 1.73 bits per heavy atom. The highest BCUT2D eigenvalue weighted by molar-refractivity contribution is 9.10. The number of nitriles is 1. The second-order valence-corrected chi connectivity index (χ2v) is 4.73. The summed E-state index contributed by atoms with van der Waals surface area (Å²) in [5.41, 5.74) is 0.353. The fourth-order valence-corrected chi connectivity index (χ4v) is 2.17. The van der Waals surface area contributed by atoms with Crippen LogP contribution in [0.5, 0.6) is 0 Å². The molecule has 0 bridgehead atoms. The normalized spacial score (nSPS) is 20.7. The van der Waals surface area contributed by atoms with Crippen molar-refractivity contribution in [3.05, 3.63) is 10.2 Å². The lowest BCUT2D eigenvalue weighted by atomic mass is 10.3. The topological polar surface area (TPSA) is 72.8 Å². The van der Waals surface area contributed by atoms with Gasteiger partial charge in [-0.1, -0.05) is 0 Å². The van der Waals surface area contributed by atoms with Gasteiger partial charge in [-0.15, -0.1) is 0 Å². The summed E-state index contributed by atoms with van der Waals surface area (Å²) in [6.07, 6.45) is 0.387. The minimum Gasteiger partial charge on any atom is -0.293 e. The molecule has 1 unspecified atom stereocenters. The van der Waals surface area contributed by atoms with E-state index in [0.717, 1.165) is 0 Å². The molecule has 0 aromatic carbocycles. The number of nitrogens with zero attached hydrogens (tertiary/aromatic N) is 3. The van der Waals surface area contributed by atoms with Gasteiger partial charge in [0.15, 0.2) is 5.82 Å². The maximum absolute atomic E-state index is 11.6. The lowest BCUT2D eigenvalue weighted by Gasteiger charge is -2.12. The number of hydrogen-bond acceptors (Lipinski definition) is 4. The summed E-state index contributed by atoms with van der Waals surface area (Å²) in [6.45, 7) is 0.494. The van der Waals surface area contributed by atoms with E-state index in [9.17, 15) is 4.79 Å². The number of amides is 1. The van der Waals surface area contributed by atoms with Gasteiger partial charge in [0.25, 0.3) is 0 Å². The Morgan fingerprint density at radius 2 is 2.47 bits per heavy atom. The number of nitrogens with one attached hydrogen (secondary N) is 1. The van der Waals surface area contributed by atoms with Gasteiger partial charge in [0.2, 0.25) is 5.91 Å². The van der Waals surface area contributed by atoms with Gasteiger partial charge in [-0.25, -0.2) is 0 Å². The highest BCUT2D eigenvalue weighted by Crippen LogP contribution is 2.28. The number of aromatic nitrogens is 2. The minimum atomic E-state index is -0.0505. The number of carbonyl (C=O) groups excluding carboxylic acids is 1. The van der Waals surface area contributed by atoms with Crippen LogP contribution >= 0.6 is 28.6 Å². The van der Waals surface area contributed by atoms with E-state index in [2.05, 4.69) is 38.8 Å². The maximum atomic E-state index is 11.6. The second-order valence-electron chi connectivity index (χ2n) is 3.21. The molecule has 2 rings (SSSR count). The molecule has 1 fully saturated rings. The summed E-state index contributed by atoms with van der Waals surface area (Å²) < 4.78 is 0.496. The highest BCUT2D eigenvalue weighted by atomic mass is 79.9. The van der Waals surface area contributed by atoms with Gasteiger partial charge < -0.3 is 0 Å². The minimum absolute atomic E-state index is 0.0134. The quantitative estimate of drug-likeness (QED) is 0.759. The van der Waals surface area contributed by atoms with Crippen LogP contribution in [-0.2, 0) is 4.79 Å². The molecule has 1 aliphatic rings. The zero-order chi connectivity index (χ0) is 11.0. The largest absolute Gasteiger partial charge is 0.293 e. The molecule has 0 saturated carbocycles. The van der Waals surface area contributed by atoms with E-state index in [1.54, 1.807) is 0 Å². The van der Waals surface area contributed by atoms with Crippen LogP contribution in [0.3, 0.4) is 0 Å². The molecule has 2 heterocycles. The predicted molar refractivity (Wildman–Crippen MR) is 60.7 cm³/mol. The summed E-state index contributed by atoms with van der Waals surface area (Å²) in [7, 11) is 0. The Labute approximate surface area is 100.0 Å². The molecule has 1 aromatic heterocycles. The maximum Gasteiger partial charge on any atom is 0.229 e. The summed E-state index contributed by atoms with van der Waals surface area (Å²) in [5, 5.41) is 15.5. The van der Waals surface area contributed by atoms with E-state index in [0.29, 0.717) is 29.0 Å². The summed E-state index contributed by atoms with van der Waals surface area (Å²) >= 11 is 7.40. The molecule has 1 N–H and O–H groups in total. The van der Waals surface area contributed by atoms with Crippen LogP contribution in [0.25, 0.3) is 0 Å². The van der Waals surface area contributed by atoms with Crippen molar-refractivity contribution in [2.45, 2.75) is 11.7 Å². The lowest BCUT2D eigenvalue weighted by Crippen LogP contribution is -2.25. The number of carbonyl (C=O) groups is 1. The third-order valence-corrected chi connectivity index (χ3v) is 3.09. The van der Waals surface area contributed by atoms with Gasteiger partial charge in [-0.3, -0.25) is 14.8 Å². The monoisotopic (exact) mass is 286 g/mol. The molecular formula is C8H7BrN4OS. The average molecular weight is 287 g/mol. The number of aromatic amines is 1. The van der Waals surface area contributed by atoms with Gasteiger partial charge in [-0.2, -0.15) is 23.0 Å². The number of H-pyrrole nitrogens is 1. The Balaban J connectivity index is 2.39. The highest BCUT2D eigenvalue weighted by Gasteiger charge is 2.32. The van der Waals surface area contributed by atoms with Crippen molar-refractivity contribution in [1.82, 2.24) is 10.2 Å². The third-order valence-electron chi connectivity index (χ3n) is 2.18. The van der Waals surface area contributed by atoms with Crippen LogP contribution in [0.4, 0.5) is 5.82 Å². The molecule has 0 radical (unpaired) electrons. The fraction of sp³-hybridized carbons (Fsp3) is 0.375. The van der Waals surface area contributed by atoms with Crippen molar-refractivity contribution in [2.24, 2.45) is 0 Å². The number of anilines is 1. The summed E-state index contributed by atoms with van der Waals surface area (Å²) in [6, 6.07) is 2.00. The molecule has 1 saturated heterocycles. The fourth-order valence-electron chi connectivity index (χ4n) is 1.50. The molecule has 0 aliphatic carbocycles. The Hall–Kier alpha value is -1.00. The molecule has 1 amide bonds. The van der Waals surface area contributed by atoms with Crippen molar-refractivity contribution in [3.63, 3.8) is 0 Å². The van der Waals surface area contributed by atoms with Crippen molar-refractivity contribution in [2.75, 3.05) is 11.4 Å². The number of hydrogen-bond donors (Lipinski definition) is 2. The first-order chi connectivity index (χ1) is 7.13. The van der Waals surface area contributed by atoms with Crippen molar-refractivity contribution in [1.29, 1.82) is 5.26 Å². The van der Waals surface area contributed by atoms with Crippen LogP contribution in [0.15, 0.2) is 4.60 Å². The molecule has 5 nitrogen and oxygen atoms in total. The van der Waals surface area contributed by atoms with Gasteiger partial charge in [0, 0.05) is 18.2 Å². The van der Waals surface area contributed by atoms with Gasteiger partial charge in [-0.05, 0) is 15.9 Å². The van der Waals surface area contributed by atoms with Crippen LogP contribution < -0.4 is 4.90 Å². The van der Waals surface area contributed by atoms with Gasteiger partial charge in [0.05, 0.1) is 0 Å². The van der Waals surface area contributed by atoms with Crippen LogP contribution in [-0.4, -0.2) is 27.9 Å². The Morgan fingerprint density at radius 3 is 3.00 bits per heavy atom. The zero-order valence-electron chi connectivity index (χ0n) is 7.57. The van der Waals surface area contributed by atoms with Gasteiger partial charge >= 0.3 is 0 Å². The molecule has 1 atom stereocenters.